The molecule has 0 heterocycles. The Labute approximate surface area is 94.4 Å². The second-order valence-corrected chi connectivity index (χ2v) is 3.07. The van der Waals surface area contributed by atoms with Gasteiger partial charge in [-0.25, -0.2) is 4.79 Å². The smallest absolute Gasteiger partial charge is 0.337 e. The van der Waals surface area contributed by atoms with Crippen molar-refractivity contribution >= 4 is 17.9 Å². The molecule has 5 heteroatoms. The number of hydrogen-bond acceptors (Lipinski definition) is 5. The lowest BCUT2D eigenvalue weighted by Crippen LogP contribution is -2.13. The Bertz CT molecular complexity index is 270. The summed E-state index contributed by atoms with van der Waals surface area (Å²) in [6.45, 7) is 5.48. The molecule has 0 radical (unpaired) electrons. The molecule has 0 fully saturated rings. The van der Waals surface area contributed by atoms with E-state index in [0.29, 0.717) is 6.61 Å². The van der Waals surface area contributed by atoms with Gasteiger partial charge in [-0.1, -0.05) is 19.9 Å². The van der Waals surface area contributed by atoms with Gasteiger partial charge in [-0.05, 0) is 6.42 Å². The van der Waals surface area contributed by atoms with Gasteiger partial charge in [0.05, 0.1) is 19.4 Å². The lowest BCUT2D eigenvalue weighted by Gasteiger charge is -2.03. The second-order valence-electron chi connectivity index (χ2n) is 3.07. The van der Waals surface area contributed by atoms with Gasteiger partial charge in [0.25, 0.3) is 0 Å². The molecule has 0 atom stereocenters. The minimum atomic E-state index is -0.815. The van der Waals surface area contributed by atoms with Gasteiger partial charge in [-0.3, -0.25) is 9.59 Å². The topological polar surface area (TPSA) is 69.7 Å². The average Bonchev–Trinajstić information content (AvgIpc) is 2.26. The van der Waals surface area contributed by atoms with Crippen LogP contribution >= 0.6 is 0 Å². The van der Waals surface area contributed by atoms with E-state index in [1.807, 2.05) is 6.92 Å². The largest absolute Gasteiger partial charge is 0.466 e. The van der Waals surface area contributed by atoms with Crippen LogP contribution in [0.5, 0.6) is 0 Å². The number of carbonyl (C=O) groups excluding carboxylic acids is 3. The maximum absolute atomic E-state index is 11.0. The molecule has 0 aliphatic heterocycles. The lowest BCUT2D eigenvalue weighted by molar-refractivity contribution is -0.158. The number of esters is 3. The zero-order valence-electron chi connectivity index (χ0n) is 9.36. The van der Waals surface area contributed by atoms with Crippen LogP contribution in [-0.4, -0.2) is 24.5 Å². The lowest BCUT2D eigenvalue weighted by atomic mass is 10.3. The second kappa shape index (κ2) is 8.64. The Balaban J connectivity index is 3.62. The first-order chi connectivity index (χ1) is 7.60. The summed E-state index contributed by atoms with van der Waals surface area (Å²) in [4.78, 5) is 32.6. The number of ether oxygens (including phenoxy) is 2. The van der Waals surface area contributed by atoms with Crippen LogP contribution in [0.15, 0.2) is 12.7 Å². The third-order valence-electron chi connectivity index (χ3n) is 1.68. The van der Waals surface area contributed by atoms with Crippen molar-refractivity contribution in [2.45, 2.75) is 32.6 Å². The monoisotopic (exact) mass is 228 g/mol. The molecule has 0 aromatic heterocycles. The molecule has 90 valence electrons. The highest BCUT2D eigenvalue weighted by atomic mass is 16.6. The summed E-state index contributed by atoms with van der Waals surface area (Å²) < 4.78 is 9.08. The zero-order chi connectivity index (χ0) is 12.4. The summed E-state index contributed by atoms with van der Waals surface area (Å²) in [5.74, 6) is -2.03. The van der Waals surface area contributed by atoms with Crippen molar-refractivity contribution in [3.63, 3.8) is 0 Å². The minimum absolute atomic E-state index is 0.0764. The van der Waals surface area contributed by atoms with Crippen molar-refractivity contribution in [1.29, 1.82) is 0 Å². The molecule has 0 amide bonds. The molecule has 0 saturated heterocycles. The van der Waals surface area contributed by atoms with Crippen molar-refractivity contribution in [2.75, 3.05) is 6.61 Å². The summed E-state index contributed by atoms with van der Waals surface area (Å²) in [6.07, 6.45) is 2.38. The predicted molar refractivity (Wildman–Crippen MR) is 56.4 cm³/mol. The predicted octanol–water partition coefficient (Wildman–Crippen LogP) is 1.37. The fourth-order valence-electron chi connectivity index (χ4n) is 0.812. The van der Waals surface area contributed by atoms with E-state index in [1.165, 1.54) is 0 Å². The van der Waals surface area contributed by atoms with Crippen molar-refractivity contribution in [3.05, 3.63) is 12.7 Å². The summed E-state index contributed by atoms with van der Waals surface area (Å²) in [6, 6.07) is 0. The fourth-order valence-corrected chi connectivity index (χ4v) is 0.812. The minimum Gasteiger partial charge on any atom is -0.466 e. The quantitative estimate of drug-likeness (QED) is 0.285. The van der Waals surface area contributed by atoms with Crippen LogP contribution in [0.4, 0.5) is 0 Å². The number of unbranched alkanes of at least 4 members (excludes halogenated alkanes) is 1. The first-order valence-electron chi connectivity index (χ1n) is 5.12. The molecule has 0 spiro atoms. The van der Waals surface area contributed by atoms with E-state index in [0.717, 1.165) is 18.9 Å². The van der Waals surface area contributed by atoms with Crippen molar-refractivity contribution in [2.24, 2.45) is 0 Å². The van der Waals surface area contributed by atoms with Crippen LogP contribution in [0.3, 0.4) is 0 Å². The van der Waals surface area contributed by atoms with E-state index in [9.17, 15) is 14.4 Å². The Hall–Kier alpha value is -1.65. The highest BCUT2D eigenvalue weighted by molar-refractivity contribution is 5.92. The molecule has 0 aliphatic rings. The molecule has 0 aromatic rings. The van der Waals surface area contributed by atoms with Crippen LogP contribution in [0.1, 0.15) is 32.6 Å². The van der Waals surface area contributed by atoms with E-state index in [2.05, 4.69) is 11.3 Å². The molecule has 5 nitrogen and oxygen atoms in total. The van der Waals surface area contributed by atoms with Crippen LogP contribution in [-0.2, 0) is 23.9 Å². The third-order valence-corrected chi connectivity index (χ3v) is 1.68. The van der Waals surface area contributed by atoms with Gasteiger partial charge >= 0.3 is 17.9 Å². The van der Waals surface area contributed by atoms with Crippen molar-refractivity contribution in [3.8, 4) is 0 Å². The Kier molecular flexibility index (Phi) is 7.75. The maximum Gasteiger partial charge on any atom is 0.337 e. The molecule has 0 unspecified atom stereocenters. The average molecular weight is 228 g/mol. The van der Waals surface area contributed by atoms with Gasteiger partial charge in [-0.2, -0.15) is 0 Å². The SMILES string of the molecule is C=CC(=O)OC(=O)CCC(=O)OCCCC. The Morgan fingerprint density at radius 2 is 1.81 bits per heavy atom. The van der Waals surface area contributed by atoms with Crippen LogP contribution in [0, 0.1) is 0 Å². The summed E-state index contributed by atoms with van der Waals surface area (Å²) in [7, 11) is 0. The van der Waals surface area contributed by atoms with E-state index in [4.69, 9.17) is 4.74 Å². The highest BCUT2D eigenvalue weighted by Crippen LogP contribution is 1.98. The van der Waals surface area contributed by atoms with E-state index in [-0.39, 0.29) is 12.8 Å². The molecule has 16 heavy (non-hydrogen) atoms. The molecule has 0 rings (SSSR count). The zero-order valence-corrected chi connectivity index (χ0v) is 9.36. The molecule has 0 N–H and O–H groups in total. The van der Waals surface area contributed by atoms with E-state index >= 15 is 0 Å². The first kappa shape index (κ1) is 14.3. The standard InChI is InChI=1S/C11H16O5/c1-3-5-8-15-10(13)6-7-11(14)16-9(12)4-2/h4H,2-3,5-8H2,1H3. The summed E-state index contributed by atoms with van der Waals surface area (Å²) in [5, 5.41) is 0. The van der Waals surface area contributed by atoms with Crippen LogP contribution < -0.4 is 0 Å². The third kappa shape index (κ3) is 7.73. The van der Waals surface area contributed by atoms with Gasteiger partial charge in [0.1, 0.15) is 0 Å². The van der Waals surface area contributed by atoms with Crippen molar-refractivity contribution in [1.82, 2.24) is 0 Å². The van der Waals surface area contributed by atoms with Gasteiger partial charge < -0.3 is 9.47 Å². The van der Waals surface area contributed by atoms with E-state index < -0.39 is 17.9 Å². The molecule has 0 saturated carbocycles. The van der Waals surface area contributed by atoms with Gasteiger partial charge in [0, 0.05) is 6.08 Å². The van der Waals surface area contributed by atoms with Crippen molar-refractivity contribution < 1.29 is 23.9 Å². The molecule has 0 bridgehead atoms. The summed E-state index contributed by atoms with van der Waals surface area (Å²) in [5.41, 5.74) is 0. The molecular weight excluding hydrogens is 212 g/mol. The highest BCUT2D eigenvalue weighted by Gasteiger charge is 2.11. The van der Waals surface area contributed by atoms with Crippen LogP contribution in [0.2, 0.25) is 0 Å². The Morgan fingerprint density at radius 3 is 2.38 bits per heavy atom. The first-order valence-corrected chi connectivity index (χ1v) is 5.12. The maximum atomic E-state index is 11.0. The van der Waals surface area contributed by atoms with Gasteiger partial charge in [-0.15, -0.1) is 0 Å². The normalized spacial score (nSPS) is 9.31. The number of rotatable bonds is 7. The Morgan fingerprint density at radius 1 is 1.19 bits per heavy atom. The molecule has 0 aromatic carbocycles. The number of hydrogen-bond donors (Lipinski definition) is 0. The van der Waals surface area contributed by atoms with Gasteiger partial charge in [0.15, 0.2) is 0 Å². The van der Waals surface area contributed by atoms with Crippen LogP contribution in [0.25, 0.3) is 0 Å². The molecule has 0 aliphatic carbocycles. The summed E-state index contributed by atoms with van der Waals surface area (Å²) >= 11 is 0. The fraction of sp³-hybridized carbons (Fsp3) is 0.545. The van der Waals surface area contributed by atoms with Gasteiger partial charge in [0.2, 0.25) is 0 Å². The number of carbonyl (C=O) groups is 3. The molecular formula is C11H16O5. The van der Waals surface area contributed by atoms with E-state index in [1.54, 1.807) is 0 Å².